The number of nitrogens with zero attached hydrogens (tertiary/aromatic N) is 5. The Bertz CT molecular complexity index is 1250. The Morgan fingerprint density at radius 2 is 1.60 bits per heavy atom. The monoisotopic (exact) mass is 481 g/mol. The minimum Gasteiger partial charge on any atom is -0.452 e. The van der Waals surface area contributed by atoms with Crippen LogP contribution >= 0.6 is 0 Å². The van der Waals surface area contributed by atoms with Crippen LogP contribution in [0.4, 0.5) is 15.8 Å². The van der Waals surface area contributed by atoms with Crippen LogP contribution in [0.5, 0.6) is 0 Å². The van der Waals surface area contributed by atoms with Crippen molar-refractivity contribution in [3.8, 4) is 5.69 Å². The van der Waals surface area contributed by atoms with Gasteiger partial charge in [0.1, 0.15) is 11.4 Å². The van der Waals surface area contributed by atoms with E-state index in [0.29, 0.717) is 43.3 Å². The van der Waals surface area contributed by atoms with Crippen molar-refractivity contribution in [2.24, 2.45) is 0 Å². The molecule has 0 N–H and O–H groups in total. The smallest absolute Gasteiger partial charge is 0.342 e. The highest BCUT2D eigenvalue weighted by Crippen LogP contribution is 2.21. The number of amides is 1. The normalized spacial score (nSPS) is 13.6. The third-order valence-electron chi connectivity index (χ3n) is 5.95. The molecule has 1 fully saturated rings. The van der Waals surface area contributed by atoms with Gasteiger partial charge in [-0.05, 0) is 50.2 Å². The van der Waals surface area contributed by atoms with Crippen LogP contribution < -0.4 is 4.90 Å². The molecule has 10 nitrogen and oxygen atoms in total. The van der Waals surface area contributed by atoms with Crippen LogP contribution in [0.15, 0.2) is 48.5 Å². The fraction of sp³-hybridized carbons (Fsp3) is 0.292. The van der Waals surface area contributed by atoms with Crippen LogP contribution in [-0.2, 0) is 9.53 Å². The molecule has 0 aliphatic carbocycles. The van der Waals surface area contributed by atoms with Gasteiger partial charge in [-0.25, -0.2) is 13.9 Å². The predicted octanol–water partition coefficient (Wildman–Crippen LogP) is 3.04. The number of ether oxygens (including phenoxy) is 1. The van der Waals surface area contributed by atoms with E-state index in [2.05, 4.69) is 5.10 Å². The van der Waals surface area contributed by atoms with E-state index in [4.69, 9.17) is 4.74 Å². The minimum absolute atomic E-state index is 0.0260. The van der Waals surface area contributed by atoms with Crippen molar-refractivity contribution in [2.45, 2.75) is 13.8 Å². The van der Waals surface area contributed by atoms with Gasteiger partial charge in [-0.2, -0.15) is 5.10 Å². The molecule has 2 aromatic carbocycles. The number of aryl methyl sites for hydroxylation is 1. The maximum Gasteiger partial charge on any atom is 0.342 e. The molecule has 2 heterocycles. The number of piperazine rings is 1. The van der Waals surface area contributed by atoms with E-state index in [0.717, 1.165) is 5.69 Å². The molecule has 3 aromatic rings. The van der Waals surface area contributed by atoms with E-state index in [1.165, 1.54) is 28.9 Å². The number of non-ortho nitro benzene ring substituents is 1. The van der Waals surface area contributed by atoms with Crippen molar-refractivity contribution in [2.75, 3.05) is 37.7 Å². The molecule has 0 atom stereocenters. The Labute approximate surface area is 200 Å². The Hall–Kier alpha value is -4.28. The topological polar surface area (TPSA) is 111 Å². The van der Waals surface area contributed by atoms with Gasteiger partial charge in [0.05, 0.1) is 22.0 Å². The predicted molar refractivity (Wildman–Crippen MR) is 125 cm³/mol. The number of hydrogen-bond donors (Lipinski definition) is 0. The molecule has 0 saturated carbocycles. The van der Waals surface area contributed by atoms with Gasteiger partial charge >= 0.3 is 5.97 Å². The summed E-state index contributed by atoms with van der Waals surface area (Å²) >= 11 is 0. The number of esters is 1. The quantitative estimate of drug-likeness (QED) is 0.302. The summed E-state index contributed by atoms with van der Waals surface area (Å²) < 4.78 is 20.1. The Morgan fingerprint density at radius 3 is 2.20 bits per heavy atom. The van der Waals surface area contributed by atoms with Crippen molar-refractivity contribution in [1.82, 2.24) is 14.7 Å². The zero-order chi connectivity index (χ0) is 25.1. The molecular formula is C24H24FN5O5. The Morgan fingerprint density at radius 1 is 1.00 bits per heavy atom. The van der Waals surface area contributed by atoms with E-state index < -0.39 is 17.5 Å². The van der Waals surface area contributed by atoms with Crippen molar-refractivity contribution >= 4 is 23.3 Å². The number of benzene rings is 2. The van der Waals surface area contributed by atoms with Crippen molar-refractivity contribution < 1.29 is 23.6 Å². The molecule has 35 heavy (non-hydrogen) atoms. The van der Waals surface area contributed by atoms with E-state index in [9.17, 15) is 24.1 Å². The summed E-state index contributed by atoms with van der Waals surface area (Å²) in [5.41, 5.74) is 2.72. The number of rotatable bonds is 6. The summed E-state index contributed by atoms with van der Waals surface area (Å²) in [6.45, 7) is 4.97. The first-order valence-electron chi connectivity index (χ1n) is 11.0. The second-order valence-corrected chi connectivity index (χ2v) is 8.15. The molecule has 1 saturated heterocycles. The van der Waals surface area contributed by atoms with E-state index in [-0.39, 0.29) is 23.0 Å². The van der Waals surface area contributed by atoms with E-state index >= 15 is 0 Å². The first-order valence-corrected chi connectivity index (χ1v) is 11.0. The first-order chi connectivity index (χ1) is 16.7. The highest BCUT2D eigenvalue weighted by molar-refractivity contribution is 5.93. The van der Waals surface area contributed by atoms with Crippen LogP contribution in [0.2, 0.25) is 0 Å². The molecule has 182 valence electrons. The summed E-state index contributed by atoms with van der Waals surface area (Å²) in [5, 5.41) is 15.2. The third-order valence-corrected chi connectivity index (χ3v) is 5.95. The zero-order valence-electron chi connectivity index (χ0n) is 19.3. The maximum absolute atomic E-state index is 13.2. The van der Waals surface area contributed by atoms with Crippen molar-refractivity contribution in [3.63, 3.8) is 0 Å². The lowest BCUT2D eigenvalue weighted by Crippen LogP contribution is -2.49. The van der Waals surface area contributed by atoms with Gasteiger partial charge in [-0.1, -0.05) is 0 Å². The molecule has 1 amide bonds. The van der Waals surface area contributed by atoms with Gasteiger partial charge in [-0.15, -0.1) is 0 Å². The number of carbonyl (C=O) groups is 2. The molecular weight excluding hydrogens is 457 g/mol. The highest BCUT2D eigenvalue weighted by atomic mass is 19.1. The number of aromatic nitrogens is 2. The van der Waals surface area contributed by atoms with Gasteiger partial charge in [0.25, 0.3) is 11.6 Å². The SMILES string of the molecule is Cc1nn(-c2ccc(F)cc2)c(C)c1C(=O)OCC(=O)N1CCN(c2ccc([N+](=O)[O-])cc2)CC1. The van der Waals surface area contributed by atoms with Crippen LogP contribution in [0, 0.1) is 29.8 Å². The molecule has 11 heteroatoms. The minimum atomic E-state index is -0.647. The van der Waals surface area contributed by atoms with Crippen molar-refractivity contribution in [1.29, 1.82) is 0 Å². The van der Waals surface area contributed by atoms with Gasteiger partial charge in [-0.3, -0.25) is 14.9 Å². The number of carbonyl (C=O) groups excluding carboxylic acids is 2. The van der Waals surface area contributed by atoms with Gasteiger partial charge in [0.15, 0.2) is 6.61 Å². The Kier molecular flexibility index (Phi) is 6.76. The summed E-state index contributed by atoms with van der Waals surface area (Å²) in [6.07, 6.45) is 0. The lowest BCUT2D eigenvalue weighted by Gasteiger charge is -2.36. The molecule has 0 radical (unpaired) electrons. The molecule has 1 aromatic heterocycles. The zero-order valence-corrected chi connectivity index (χ0v) is 19.3. The average molecular weight is 481 g/mol. The number of nitro groups is 1. The fourth-order valence-electron chi connectivity index (χ4n) is 4.06. The molecule has 0 unspecified atom stereocenters. The lowest BCUT2D eigenvalue weighted by molar-refractivity contribution is -0.384. The molecule has 0 spiro atoms. The number of anilines is 1. The number of hydrogen-bond acceptors (Lipinski definition) is 7. The van der Waals surface area contributed by atoms with E-state index in [1.807, 2.05) is 4.90 Å². The molecule has 0 bridgehead atoms. The average Bonchev–Trinajstić information content (AvgIpc) is 3.16. The first kappa shape index (κ1) is 23.9. The van der Waals surface area contributed by atoms with Gasteiger partial charge < -0.3 is 14.5 Å². The summed E-state index contributed by atoms with van der Waals surface area (Å²) in [5.74, 6) is -1.32. The summed E-state index contributed by atoms with van der Waals surface area (Å²) in [7, 11) is 0. The maximum atomic E-state index is 13.2. The third kappa shape index (κ3) is 5.13. The molecule has 1 aliphatic heterocycles. The van der Waals surface area contributed by atoms with Crippen molar-refractivity contribution in [3.05, 3.63) is 81.4 Å². The van der Waals surface area contributed by atoms with Gasteiger partial charge in [0, 0.05) is 44.0 Å². The second-order valence-electron chi connectivity index (χ2n) is 8.15. The summed E-state index contributed by atoms with van der Waals surface area (Å²) in [6, 6.07) is 12.0. The number of nitro benzene ring substituents is 1. The van der Waals surface area contributed by atoms with Crippen LogP contribution in [0.1, 0.15) is 21.7 Å². The summed E-state index contributed by atoms with van der Waals surface area (Å²) in [4.78, 5) is 39.4. The molecule has 1 aliphatic rings. The standard InChI is InChI=1S/C24H24FN5O5/c1-16-23(17(2)29(26-16)20-5-3-18(25)4-6-20)24(32)35-15-22(31)28-13-11-27(12-14-28)19-7-9-21(10-8-19)30(33)34/h3-10H,11-15H2,1-2H3. The van der Waals surface area contributed by atoms with E-state index in [1.54, 1.807) is 43.0 Å². The second kappa shape index (κ2) is 9.92. The van der Waals surface area contributed by atoms with Gasteiger partial charge in [0.2, 0.25) is 0 Å². The lowest BCUT2D eigenvalue weighted by atomic mass is 10.2. The van der Waals surface area contributed by atoms with Crippen LogP contribution in [0.3, 0.4) is 0 Å². The largest absolute Gasteiger partial charge is 0.452 e. The Balaban J connectivity index is 1.32. The van der Waals surface area contributed by atoms with Crippen LogP contribution in [0.25, 0.3) is 5.69 Å². The van der Waals surface area contributed by atoms with Crippen LogP contribution in [-0.4, -0.2) is 64.3 Å². The number of halogens is 1. The molecule has 4 rings (SSSR count). The fourth-order valence-corrected chi connectivity index (χ4v) is 4.06. The highest BCUT2D eigenvalue weighted by Gasteiger charge is 2.25.